The second-order valence-electron chi connectivity index (χ2n) is 23.7. The number of anilines is 2. The largest absolute Gasteiger partial charge is 0.491 e. The maximum absolute atomic E-state index is 14.6. The lowest BCUT2D eigenvalue weighted by Gasteiger charge is -2.36. The predicted molar refractivity (Wildman–Crippen MR) is 328 cm³/mol. The van der Waals surface area contributed by atoms with E-state index in [1.807, 2.05) is 11.0 Å². The van der Waals surface area contributed by atoms with Crippen molar-refractivity contribution in [1.82, 2.24) is 40.2 Å². The zero-order valence-corrected chi connectivity index (χ0v) is 52.5. The van der Waals surface area contributed by atoms with E-state index < -0.39 is 41.2 Å². The molecule has 22 nitrogen and oxygen atoms in total. The van der Waals surface area contributed by atoms with E-state index >= 15 is 0 Å². The van der Waals surface area contributed by atoms with Crippen LogP contribution in [0.5, 0.6) is 11.5 Å². The van der Waals surface area contributed by atoms with E-state index in [0.29, 0.717) is 78.2 Å². The van der Waals surface area contributed by atoms with Crippen LogP contribution in [-0.4, -0.2) is 161 Å². The Morgan fingerprint density at radius 1 is 0.854 bits per heavy atom. The van der Waals surface area contributed by atoms with E-state index in [1.165, 1.54) is 53.7 Å². The Morgan fingerprint density at radius 3 is 2.35 bits per heavy atom. The summed E-state index contributed by atoms with van der Waals surface area (Å²) < 4.78 is 61.5. The number of carbonyl (C=O) groups is 6. The number of amides is 5. The summed E-state index contributed by atoms with van der Waals surface area (Å²) in [6, 6.07) is 13.8. The molecule has 5 amide bonds. The van der Waals surface area contributed by atoms with Gasteiger partial charge in [-0.3, -0.25) is 28.9 Å². The molecular formula is C63H79ClF2N10O12S. The lowest BCUT2D eigenvalue weighted by atomic mass is 9.83. The molecule has 3 N–H and O–H groups in total. The molecule has 0 bridgehead atoms. The van der Waals surface area contributed by atoms with Crippen LogP contribution in [0.25, 0.3) is 11.3 Å². The van der Waals surface area contributed by atoms with Gasteiger partial charge in [-0.15, -0.1) is 20.1 Å². The highest BCUT2D eigenvalue weighted by Crippen LogP contribution is 2.39. The first-order valence-electron chi connectivity index (χ1n) is 30.5. The molecule has 9 rings (SSSR count). The number of halogens is 3. The van der Waals surface area contributed by atoms with E-state index in [2.05, 4.69) is 25.8 Å². The first-order valence-corrected chi connectivity index (χ1v) is 31.8. The molecule has 3 saturated heterocycles. The van der Waals surface area contributed by atoms with Crippen molar-refractivity contribution in [3.63, 3.8) is 0 Å². The minimum atomic E-state index is -3.88. The highest BCUT2D eigenvalue weighted by Gasteiger charge is 2.41. The third-order valence-electron chi connectivity index (χ3n) is 16.1. The molecule has 4 fully saturated rings. The van der Waals surface area contributed by atoms with Gasteiger partial charge in [-0.2, -0.15) is 5.10 Å². The molecule has 2 unspecified atom stereocenters. The zero-order valence-electron chi connectivity index (χ0n) is 50.9. The number of pyridine rings is 1. The Balaban J connectivity index is 0.700. The van der Waals surface area contributed by atoms with Crippen LogP contribution in [0.3, 0.4) is 0 Å². The van der Waals surface area contributed by atoms with E-state index in [9.17, 15) is 37.5 Å². The molecular weight excluding hydrogens is 1190 g/mol. The number of likely N-dealkylation sites (tertiary alicyclic amines) is 1. The van der Waals surface area contributed by atoms with Crippen LogP contribution in [0.2, 0.25) is 0 Å². The SMILES string of the molecule is C[C@@H](C(=O)N[C@H](C(=O)N1CCC[C@H]1c1nc(C(=O)c2cccc(OCCOCCOCCNC(=O)C3CCN(c4ncc(C(=O)Nc5ccc(OC(F)(F)Cl)cc5)cc4-c4ccnn4C4CCCCO4)C3)c2)cs1)C1CCCCC1)N(C)C(=O)OC(C)(C)C. The molecule has 4 aliphatic rings. The van der Waals surface area contributed by atoms with Gasteiger partial charge in [-0.1, -0.05) is 31.4 Å². The van der Waals surface area contributed by atoms with Gasteiger partial charge in [0, 0.05) is 86.0 Å². The quantitative estimate of drug-likeness (QED) is 0.0265. The number of likely N-dealkylation sites (N-methyl/N-ethyl adjacent to an activating group) is 1. The molecule has 1 saturated carbocycles. The molecule has 26 heteroatoms. The van der Waals surface area contributed by atoms with Crippen molar-refractivity contribution in [3.8, 4) is 22.8 Å². The van der Waals surface area contributed by atoms with Crippen molar-refractivity contribution in [3.05, 3.63) is 100 Å². The molecule has 6 heterocycles. The normalized spacial score (nSPS) is 18.9. The van der Waals surface area contributed by atoms with Crippen molar-refractivity contribution < 1.29 is 66.0 Å². The van der Waals surface area contributed by atoms with Crippen molar-refractivity contribution in [2.75, 3.05) is 83.1 Å². The van der Waals surface area contributed by atoms with E-state index in [4.69, 9.17) is 45.3 Å². The minimum Gasteiger partial charge on any atom is -0.491 e. The number of aromatic nitrogens is 4. The average molecular weight is 1270 g/mol. The summed E-state index contributed by atoms with van der Waals surface area (Å²) >= 11 is 6.23. The fourth-order valence-electron chi connectivity index (χ4n) is 11.4. The fraction of sp³-hybridized carbons (Fsp3) is 0.540. The van der Waals surface area contributed by atoms with Gasteiger partial charge in [0.2, 0.25) is 23.5 Å². The molecule has 5 aromatic rings. The average Bonchev–Trinajstić information content (AvgIpc) is 2.00. The Labute approximate surface area is 525 Å². The van der Waals surface area contributed by atoms with E-state index in [-0.39, 0.29) is 98.3 Å². The number of hydrogen-bond donors (Lipinski definition) is 3. The van der Waals surface area contributed by atoms with Gasteiger partial charge >= 0.3 is 11.7 Å². The van der Waals surface area contributed by atoms with Crippen LogP contribution >= 0.6 is 22.9 Å². The van der Waals surface area contributed by atoms with Gasteiger partial charge in [0.25, 0.3) is 5.91 Å². The van der Waals surface area contributed by atoms with Crippen molar-refractivity contribution in [2.24, 2.45) is 11.8 Å². The summed E-state index contributed by atoms with van der Waals surface area (Å²) in [6.45, 7) is 10.5. The molecule has 3 aliphatic heterocycles. The molecule has 89 heavy (non-hydrogen) atoms. The second kappa shape index (κ2) is 30.5. The summed E-state index contributed by atoms with van der Waals surface area (Å²) in [6.07, 6.45) is 11.4. The van der Waals surface area contributed by atoms with Crippen LogP contribution in [0.15, 0.2) is 78.4 Å². The lowest BCUT2D eigenvalue weighted by molar-refractivity contribution is -0.140. The fourth-order valence-corrected chi connectivity index (χ4v) is 12.4. The number of ketones is 1. The van der Waals surface area contributed by atoms with Gasteiger partial charge in [0.05, 0.1) is 49.6 Å². The number of ether oxygens (including phenoxy) is 6. The third kappa shape index (κ3) is 18.0. The van der Waals surface area contributed by atoms with Crippen molar-refractivity contribution in [1.29, 1.82) is 0 Å². The van der Waals surface area contributed by atoms with Crippen LogP contribution in [0, 0.1) is 11.8 Å². The Hall–Kier alpha value is -7.32. The van der Waals surface area contributed by atoms with Gasteiger partial charge in [-0.05, 0) is 134 Å². The van der Waals surface area contributed by atoms with Crippen LogP contribution < -0.4 is 30.3 Å². The number of benzene rings is 2. The monoisotopic (exact) mass is 1270 g/mol. The molecule has 480 valence electrons. The smallest absolute Gasteiger partial charge is 0.487 e. The number of rotatable bonds is 26. The molecule has 5 atom stereocenters. The maximum Gasteiger partial charge on any atom is 0.487 e. The molecule has 1 aliphatic carbocycles. The maximum atomic E-state index is 14.6. The first kappa shape index (κ1) is 66.1. The highest BCUT2D eigenvalue weighted by molar-refractivity contribution is 7.10. The Bertz CT molecular complexity index is 3240. The van der Waals surface area contributed by atoms with Gasteiger partial charge in [-0.25, -0.2) is 19.4 Å². The number of thiazole rings is 1. The number of hydrogen-bond acceptors (Lipinski definition) is 17. The van der Waals surface area contributed by atoms with Crippen molar-refractivity contribution >= 4 is 69.9 Å². The van der Waals surface area contributed by atoms with Gasteiger partial charge in [0.15, 0.2) is 6.23 Å². The molecule has 0 radical (unpaired) electrons. The standard InChI is InChI=1S/C63H79ClF2N10O12S/c1-40(73(5)61(82)88-62(2,3)4)56(78)72-53(41-13-7-6-8-14-41)60(81)75-27-12-17-51(75)59-71-49(39-89-59)54(77)42-15-11-16-47(35-42)85-34-33-84-32-31-83-30-26-67-57(79)43-24-28-74(38-43)55-48(50-23-25-69-76(50)52-18-9-10-29-86-52)36-44(37-68-55)58(80)70-45-19-21-46(22-20-45)87-63(64,65)66/h11,15-16,19-23,25,35-37,39-41,43,51-53H,6-10,12-14,17-18,24,26-34,38H2,1-5H3,(H,67,79)(H,70,80)(H,72,78)/t40-,43?,51-,52?,53-/m0/s1. The predicted octanol–water partition coefficient (Wildman–Crippen LogP) is 9.79. The van der Waals surface area contributed by atoms with Gasteiger partial charge < -0.3 is 54.2 Å². The lowest BCUT2D eigenvalue weighted by Crippen LogP contribution is -2.56. The van der Waals surface area contributed by atoms with Crippen molar-refractivity contribution in [2.45, 2.75) is 134 Å². The summed E-state index contributed by atoms with van der Waals surface area (Å²) in [4.78, 5) is 96.6. The molecule has 2 aromatic carbocycles. The summed E-state index contributed by atoms with van der Waals surface area (Å²) in [5.74, 6) is -1.03. The van der Waals surface area contributed by atoms with E-state index in [1.54, 1.807) is 79.2 Å². The third-order valence-corrected chi connectivity index (χ3v) is 17.1. The first-order chi connectivity index (χ1) is 42.7. The zero-order chi connectivity index (χ0) is 63.2. The van der Waals surface area contributed by atoms with Crippen LogP contribution in [0.4, 0.5) is 25.1 Å². The Morgan fingerprint density at radius 2 is 1.61 bits per heavy atom. The summed E-state index contributed by atoms with van der Waals surface area (Å²) in [5, 5.41) is 15.8. The number of alkyl halides is 3. The molecule has 0 spiro atoms. The highest BCUT2D eigenvalue weighted by atomic mass is 35.5. The number of carbonyl (C=O) groups excluding carboxylic acids is 6. The summed E-state index contributed by atoms with van der Waals surface area (Å²) in [7, 11) is 1.51. The Kier molecular flexibility index (Phi) is 22.6. The molecule has 3 aromatic heterocycles. The van der Waals surface area contributed by atoms with Crippen LogP contribution in [-0.2, 0) is 33.3 Å². The topological polar surface area (TPSA) is 247 Å². The number of nitrogens with zero attached hydrogens (tertiary/aromatic N) is 7. The van der Waals surface area contributed by atoms with Gasteiger partial charge in [0.1, 0.15) is 52.3 Å². The van der Waals surface area contributed by atoms with Crippen LogP contribution in [0.1, 0.15) is 142 Å². The summed E-state index contributed by atoms with van der Waals surface area (Å²) in [5.41, 5.74) is -2.09. The second-order valence-corrected chi connectivity index (χ2v) is 25.0. The minimum absolute atomic E-state index is 0.0567. The van der Waals surface area contributed by atoms with E-state index in [0.717, 1.165) is 57.8 Å². The number of nitrogens with one attached hydrogen (secondary N) is 3.